The first kappa shape index (κ1) is 23.6. The third-order valence-electron chi connectivity index (χ3n) is 7.05. The summed E-state index contributed by atoms with van der Waals surface area (Å²) in [4.78, 5) is 41.8. The molecule has 182 valence electrons. The molecule has 3 unspecified atom stereocenters. The summed E-state index contributed by atoms with van der Waals surface area (Å²) in [6, 6.07) is 6.67. The van der Waals surface area contributed by atoms with E-state index in [9.17, 15) is 19.5 Å². The summed E-state index contributed by atoms with van der Waals surface area (Å²) in [7, 11) is 0. The van der Waals surface area contributed by atoms with Gasteiger partial charge < -0.3 is 20.6 Å². The Bertz CT molecular complexity index is 1130. The van der Waals surface area contributed by atoms with Crippen LogP contribution in [0.15, 0.2) is 24.3 Å². The van der Waals surface area contributed by atoms with Gasteiger partial charge in [0.25, 0.3) is 0 Å². The number of para-hydroxylation sites is 1. The van der Waals surface area contributed by atoms with Gasteiger partial charge >= 0.3 is 0 Å². The van der Waals surface area contributed by atoms with Crippen LogP contribution in [0.4, 0.5) is 0 Å². The predicted molar refractivity (Wildman–Crippen MR) is 130 cm³/mol. The second kappa shape index (κ2) is 9.12. The van der Waals surface area contributed by atoms with Gasteiger partial charge in [-0.2, -0.15) is 0 Å². The topological polar surface area (TPSA) is 129 Å². The molecule has 3 aliphatic heterocycles. The van der Waals surface area contributed by atoms with Crippen molar-refractivity contribution in [3.63, 3.8) is 0 Å². The van der Waals surface area contributed by atoms with E-state index in [1.807, 2.05) is 31.2 Å². The number of aliphatic hydroxyl groups is 1. The second-order valence-corrected chi connectivity index (χ2v) is 11.7. The molecule has 3 N–H and O–H groups in total. The lowest BCUT2D eigenvalue weighted by Crippen LogP contribution is -2.55. The number of rotatable bonds is 8. The Kier molecular flexibility index (Phi) is 6.32. The first-order chi connectivity index (χ1) is 16.4. The highest BCUT2D eigenvalue weighted by molar-refractivity contribution is 9.09. The lowest BCUT2D eigenvalue weighted by atomic mass is 9.70. The molecular weight excluding hydrogens is 524 g/mol. The quantitative estimate of drug-likeness (QED) is 0.408. The van der Waals surface area contributed by atoms with E-state index in [0.717, 1.165) is 17.5 Å². The third-order valence-corrected chi connectivity index (χ3v) is 10.3. The number of β-amino-alcohol motifs (C(OH)–C–C–N with tert-alkyl or cyclic N) is 1. The van der Waals surface area contributed by atoms with Crippen LogP contribution in [-0.2, 0) is 21.1 Å². The summed E-state index contributed by atoms with van der Waals surface area (Å²) in [5.74, 6) is -1.79. The molecule has 2 bridgehead atoms. The van der Waals surface area contributed by atoms with E-state index in [0.29, 0.717) is 13.0 Å². The summed E-state index contributed by atoms with van der Waals surface area (Å²) < 4.78 is 0.872. The smallest absolute Gasteiger partial charge is 0.245 e. The zero-order valence-corrected chi connectivity index (χ0v) is 21.1. The molecule has 34 heavy (non-hydrogen) atoms. The van der Waals surface area contributed by atoms with Crippen LogP contribution in [-0.4, -0.2) is 83.3 Å². The van der Waals surface area contributed by atoms with Crippen molar-refractivity contribution in [2.45, 2.75) is 47.3 Å². The van der Waals surface area contributed by atoms with E-state index >= 15 is 0 Å². The molecule has 0 radical (unpaired) electrons. The number of thioether (sulfide) groups is 1. The van der Waals surface area contributed by atoms with Crippen molar-refractivity contribution in [2.75, 3.05) is 19.7 Å². The molecule has 12 heteroatoms. The number of nitrogens with one attached hydrogen (secondary N) is 2. The van der Waals surface area contributed by atoms with E-state index in [1.54, 1.807) is 16.4 Å². The van der Waals surface area contributed by atoms with E-state index < -0.39 is 22.6 Å². The Hall–Kier alpha value is -2.18. The fourth-order valence-electron chi connectivity index (χ4n) is 5.73. The van der Waals surface area contributed by atoms with Gasteiger partial charge in [0, 0.05) is 23.2 Å². The molecule has 3 saturated heterocycles. The van der Waals surface area contributed by atoms with Crippen LogP contribution in [0.3, 0.4) is 0 Å². The number of aliphatic hydroxyl groups excluding tert-OH is 1. The van der Waals surface area contributed by atoms with E-state index in [-0.39, 0.29) is 47.6 Å². The van der Waals surface area contributed by atoms with Crippen molar-refractivity contribution in [1.82, 2.24) is 30.5 Å². The Morgan fingerprint density at radius 1 is 1.29 bits per heavy atom. The van der Waals surface area contributed by atoms with E-state index in [1.165, 1.54) is 4.90 Å². The van der Waals surface area contributed by atoms with Gasteiger partial charge in [0.1, 0.15) is 18.2 Å². The Morgan fingerprint density at radius 2 is 2.09 bits per heavy atom. The van der Waals surface area contributed by atoms with Crippen molar-refractivity contribution in [3.8, 4) is 0 Å². The summed E-state index contributed by atoms with van der Waals surface area (Å²) in [5, 5.41) is 23.7. The highest BCUT2D eigenvalue weighted by Gasteiger charge is 2.75. The highest BCUT2D eigenvalue weighted by Crippen LogP contribution is 2.67. The number of carbonyl (C=O) groups is 3. The minimum Gasteiger partial charge on any atom is -0.395 e. The molecule has 3 amide bonds. The minimum absolute atomic E-state index is 0.0163. The Morgan fingerprint density at radius 3 is 2.85 bits per heavy atom. The highest BCUT2D eigenvalue weighted by atomic mass is 79.9. The van der Waals surface area contributed by atoms with Crippen LogP contribution >= 0.6 is 27.7 Å². The second-order valence-electron chi connectivity index (χ2n) is 8.99. The monoisotopic (exact) mass is 550 g/mol. The summed E-state index contributed by atoms with van der Waals surface area (Å²) in [6.45, 7) is 2.41. The van der Waals surface area contributed by atoms with Gasteiger partial charge in [0.15, 0.2) is 0 Å². The molecule has 0 aliphatic carbocycles. The number of fused-ring (bicyclic) bond motifs is 2. The molecular formula is C22H27BrN6O4S. The molecule has 5 rings (SSSR count). The van der Waals surface area contributed by atoms with E-state index in [2.05, 4.69) is 36.9 Å². The summed E-state index contributed by atoms with van der Waals surface area (Å²) in [5.41, 5.74) is 1.51. The standard InChI is InChI=1S/C22H27BrN6O4S/c1-2-7-24-19(31)15-16-21(33)28(8-9-30)18(22(16)10-12(23)17(15)34-22)20(32)25-11-29-14-6-4-3-5-13(14)26-27-29/h3-6,12,15-18,30H,2,7-11H2,1H3,(H,24,31)(H,25,32)/t12?,15-,16-,17-,18?,22?/m0/s1. The van der Waals surface area contributed by atoms with Gasteiger partial charge in [0.2, 0.25) is 17.7 Å². The van der Waals surface area contributed by atoms with Crippen molar-refractivity contribution in [1.29, 1.82) is 0 Å². The number of aromatic nitrogens is 3. The van der Waals surface area contributed by atoms with Crippen LogP contribution in [0.1, 0.15) is 19.8 Å². The summed E-state index contributed by atoms with van der Waals surface area (Å²) >= 11 is 5.30. The third kappa shape index (κ3) is 3.53. The number of nitrogens with zero attached hydrogens (tertiary/aromatic N) is 4. The maximum Gasteiger partial charge on any atom is 0.245 e. The number of alkyl halides is 1. The number of halogens is 1. The maximum atomic E-state index is 13.6. The van der Waals surface area contributed by atoms with Gasteiger partial charge in [-0.15, -0.1) is 16.9 Å². The lowest BCUT2D eigenvalue weighted by molar-refractivity contribution is -0.140. The van der Waals surface area contributed by atoms with Gasteiger partial charge in [0.05, 0.1) is 28.7 Å². The molecule has 1 aromatic heterocycles. The zero-order valence-electron chi connectivity index (χ0n) is 18.7. The molecule has 3 fully saturated rings. The average Bonchev–Trinajstić information content (AvgIpc) is 3.54. The Labute approximate surface area is 209 Å². The molecule has 6 atom stereocenters. The molecule has 2 aromatic rings. The van der Waals surface area contributed by atoms with Gasteiger partial charge in [-0.1, -0.05) is 40.2 Å². The fourth-order valence-corrected chi connectivity index (χ4v) is 9.34. The van der Waals surface area contributed by atoms with Gasteiger partial charge in [-0.25, -0.2) is 4.68 Å². The fraction of sp³-hybridized carbons (Fsp3) is 0.591. The van der Waals surface area contributed by atoms with Gasteiger partial charge in [-0.3, -0.25) is 14.4 Å². The molecule has 1 aromatic carbocycles. The number of hydrogen-bond donors (Lipinski definition) is 3. The largest absolute Gasteiger partial charge is 0.395 e. The summed E-state index contributed by atoms with van der Waals surface area (Å²) in [6.07, 6.45) is 1.40. The number of amides is 3. The normalized spacial score (nSPS) is 31.8. The predicted octanol–water partition coefficient (Wildman–Crippen LogP) is 0.488. The maximum absolute atomic E-state index is 13.6. The molecule has 3 aliphatic rings. The minimum atomic E-state index is -0.786. The number of carbonyl (C=O) groups excluding carboxylic acids is 3. The van der Waals surface area contributed by atoms with Crippen LogP contribution in [0.5, 0.6) is 0 Å². The number of hydrogen-bond acceptors (Lipinski definition) is 7. The van der Waals surface area contributed by atoms with Crippen molar-refractivity contribution in [3.05, 3.63) is 24.3 Å². The van der Waals surface area contributed by atoms with E-state index in [4.69, 9.17) is 0 Å². The van der Waals surface area contributed by atoms with Crippen molar-refractivity contribution >= 4 is 56.4 Å². The van der Waals surface area contributed by atoms with Crippen LogP contribution in [0.2, 0.25) is 0 Å². The Balaban J connectivity index is 1.43. The van der Waals surface area contributed by atoms with Gasteiger partial charge in [-0.05, 0) is 25.0 Å². The van der Waals surface area contributed by atoms with Crippen molar-refractivity contribution in [2.24, 2.45) is 11.8 Å². The van der Waals surface area contributed by atoms with Crippen molar-refractivity contribution < 1.29 is 19.5 Å². The SMILES string of the molecule is CCCNC(=O)[C@H]1[C@H]2C(=O)N(CCO)C(C(=O)NCn3nnc4ccccc43)C23CC(Br)[C@@H]1S3. The number of likely N-dealkylation sites (tertiary alicyclic amines) is 1. The molecule has 4 heterocycles. The van der Waals surface area contributed by atoms with Crippen LogP contribution < -0.4 is 10.6 Å². The first-order valence-electron chi connectivity index (χ1n) is 11.5. The zero-order chi connectivity index (χ0) is 24.0. The van der Waals surface area contributed by atoms with Crippen LogP contribution in [0.25, 0.3) is 11.0 Å². The molecule has 1 spiro atoms. The number of benzene rings is 1. The lowest BCUT2D eigenvalue weighted by Gasteiger charge is -2.35. The van der Waals surface area contributed by atoms with Crippen LogP contribution in [0, 0.1) is 11.8 Å². The molecule has 0 saturated carbocycles. The molecule has 10 nitrogen and oxygen atoms in total. The average molecular weight is 551 g/mol. The first-order valence-corrected chi connectivity index (χ1v) is 13.3.